The number of fused-ring (bicyclic) bond motifs is 1. The summed E-state index contributed by atoms with van der Waals surface area (Å²) in [7, 11) is 0. The molecule has 0 bridgehead atoms. The molecule has 20 heavy (non-hydrogen) atoms. The number of nitrogens with one attached hydrogen (secondary N) is 2. The predicted octanol–water partition coefficient (Wildman–Crippen LogP) is 1.79. The molecule has 0 spiro atoms. The van der Waals surface area contributed by atoms with E-state index in [0.29, 0.717) is 11.6 Å². The molecule has 1 aliphatic rings. The molecular weight excluding hydrogens is 274 g/mol. The van der Waals surface area contributed by atoms with Crippen LogP contribution in [0.4, 0.5) is 5.69 Å². The number of rotatable bonds is 2. The van der Waals surface area contributed by atoms with Crippen molar-refractivity contribution in [3.05, 3.63) is 58.9 Å². The van der Waals surface area contributed by atoms with E-state index in [2.05, 4.69) is 20.7 Å². The Kier molecular flexibility index (Phi) is 3.64. The molecule has 0 aliphatic carbocycles. The average molecular weight is 288 g/mol. The zero-order valence-corrected chi connectivity index (χ0v) is 11.4. The molecule has 2 aromatic rings. The topological polar surface area (TPSA) is 75.3 Å². The minimum atomic E-state index is -0.129. The Morgan fingerprint density at radius 1 is 1.30 bits per heavy atom. The summed E-state index contributed by atoms with van der Waals surface area (Å²) in [6.45, 7) is 0.509. The predicted molar refractivity (Wildman–Crippen MR) is 80.9 cm³/mol. The molecule has 1 atom stereocenters. The fourth-order valence-corrected chi connectivity index (χ4v) is 2.33. The smallest absolute Gasteiger partial charge is 0.109 e. The Hall–Kier alpha value is -1.95. The van der Waals surface area contributed by atoms with Crippen LogP contribution in [0.5, 0.6) is 0 Å². The number of pyridine rings is 1. The molecule has 1 aliphatic heterocycles. The van der Waals surface area contributed by atoms with Gasteiger partial charge in [0, 0.05) is 22.5 Å². The molecule has 1 aromatic heterocycles. The molecule has 6 heteroatoms. The molecule has 3 rings (SSSR count). The van der Waals surface area contributed by atoms with Crippen LogP contribution in [-0.2, 0) is 0 Å². The quantitative estimate of drug-likeness (QED) is 0.581. The molecule has 0 fully saturated rings. The molecule has 0 amide bonds. The van der Waals surface area contributed by atoms with Gasteiger partial charge in [0.2, 0.25) is 0 Å². The number of halogens is 1. The molecule has 4 N–H and O–H groups in total. The summed E-state index contributed by atoms with van der Waals surface area (Å²) in [5.41, 5.74) is 6.18. The van der Waals surface area contributed by atoms with Gasteiger partial charge in [0.25, 0.3) is 0 Å². The van der Waals surface area contributed by atoms with E-state index in [1.807, 2.05) is 36.4 Å². The van der Waals surface area contributed by atoms with E-state index < -0.39 is 0 Å². The van der Waals surface area contributed by atoms with Gasteiger partial charge in [0.05, 0.1) is 18.0 Å². The van der Waals surface area contributed by atoms with Crippen molar-refractivity contribution in [2.24, 2.45) is 10.8 Å². The third kappa shape index (κ3) is 2.51. The maximum Gasteiger partial charge on any atom is 0.109 e. The molecule has 102 valence electrons. The monoisotopic (exact) mass is 287 g/mol. The van der Waals surface area contributed by atoms with E-state index in [1.54, 1.807) is 6.20 Å². The maximum absolute atomic E-state index is 6.11. The Balaban J connectivity index is 2.14. The Labute approximate surface area is 121 Å². The van der Waals surface area contributed by atoms with Gasteiger partial charge in [-0.1, -0.05) is 17.7 Å². The third-order valence-corrected chi connectivity index (χ3v) is 3.34. The molecule has 5 nitrogen and oxygen atoms in total. The normalized spacial score (nSPS) is 17.7. The van der Waals surface area contributed by atoms with Gasteiger partial charge in [-0.05, 0) is 30.3 Å². The summed E-state index contributed by atoms with van der Waals surface area (Å²) >= 11 is 6.11. The highest BCUT2D eigenvalue weighted by atomic mass is 35.5. The SMILES string of the molecule is NNC1CN=C(c2ccccn2)c2cc(Cl)ccc2N1. The van der Waals surface area contributed by atoms with Crippen molar-refractivity contribution in [1.29, 1.82) is 0 Å². The van der Waals surface area contributed by atoms with Crippen LogP contribution in [0.1, 0.15) is 11.3 Å². The van der Waals surface area contributed by atoms with Crippen LogP contribution in [0.25, 0.3) is 0 Å². The third-order valence-electron chi connectivity index (χ3n) is 3.11. The van der Waals surface area contributed by atoms with Gasteiger partial charge in [-0.3, -0.25) is 15.8 Å². The number of hydrogen-bond acceptors (Lipinski definition) is 5. The highest BCUT2D eigenvalue weighted by molar-refractivity contribution is 6.31. The van der Waals surface area contributed by atoms with Crippen molar-refractivity contribution in [3.8, 4) is 0 Å². The van der Waals surface area contributed by atoms with Crippen molar-refractivity contribution in [2.75, 3.05) is 11.9 Å². The van der Waals surface area contributed by atoms with E-state index in [0.717, 1.165) is 22.7 Å². The van der Waals surface area contributed by atoms with Crippen LogP contribution in [0, 0.1) is 0 Å². The fraction of sp³-hybridized carbons (Fsp3) is 0.143. The van der Waals surface area contributed by atoms with E-state index in [4.69, 9.17) is 17.4 Å². The summed E-state index contributed by atoms with van der Waals surface area (Å²) in [4.78, 5) is 8.99. The maximum atomic E-state index is 6.11. The number of hydrazine groups is 1. The van der Waals surface area contributed by atoms with Crippen molar-refractivity contribution >= 4 is 23.0 Å². The number of hydrogen-bond donors (Lipinski definition) is 3. The Bertz CT molecular complexity index is 641. The summed E-state index contributed by atoms with van der Waals surface area (Å²) < 4.78 is 0. The fourth-order valence-electron chi connectivity index (χ4n) is 2.16. The standard InChI is InChI=1S/C14H14ClN5/c15-9-4-5-11-10(7-9)14(12-3-1-2-6-17-12)18-8-13(19-11)20-16/h1-7,13,19-20H,8,16H2. The molecule has 0 saturated carbocycles. The number of aliphatic imine (C=N–C) groups is 1. The second-order valence-electron chi connectivity index (χ2n) is 4.46. The zero-order valence-electron chi connectivity index (χ0n) is 10.7. The van der Waals surface area contributed by atoms with Crippen molar-refractivity contribution in [1.82, 2.24) is 10.4 Å². The van der Waals surface area contributed by atoms with Gasteiger partial charge in [0.15, 0.2) is 0 Å². The van der Waals surface area contributed by atoms with Gasteiger partial charge >= 0.3 is 0 Å². The number of nitrogens with two attached hydrogens (primary N) is 1. The van der Waals surface area contributed by atoms with E-state index >= 15 is 0 Å². The van der Waals surface area contributed by atoms with Gasteiger partial charge in [0.1, 0.15) is 6.17 Å². The van der Waals surface area contributed by atoms with Crippen molar-refractivity contribution in [3.63, 3.8) is 0 Å². The molecule has 2 heterocycles. The van der Waals surface area contributed by atoms with Gasteiger partial charge in [-0.25, -0.2) is 5.43 Å². The highest BCUT2D eigenvalue weighted by Crippen LogP contribution is 2.25. The first-order valence-electron chi connectivity index (χ1n) is 6.26. The van der Waals surface area contributed by atoms with Crippen molar-refractivity contribution in [2.45, 2.75) is 6.17 Å². The van der Waals surface area contributed by atoms with Gasteiger partial charge < -0.3 is 5.32 Å². The molecule has 1 unspecified atom stereocenters. The first-order chi connectivity index (χ1) is 9.78. The first-order valence-corrected chi connectivity index (χ1v) is 6.64. The minimum Gasteiger partial charge on any atom is -0.367 e. The zero-order chi connectivity index (χ0) is 13.9. The van der Waals surface area contributed by atoms with E-state index in [9.17, 15) is 0 Å². The van der Waals surface area contributed by atoms with E-state index in [-0.39, 0.29) is 6.17 Å². The minimum absolute atomic E-state index is 0.129. The molecule has 0 saturated heterocycles. The first kappa shape index (κ1) is 13.1. The molecule has 1 aromatic carbocycles. The lowest BCUT2D eigenvalue weighted by molar-refractivity contribution is 0.595. The van der Waals surface area contributed by atoms with Gasteiger partial charge in [-0.15, -0.1) is 0 Å². The number of nitrogens with zero attached hydrogens (tertiary/aromatic N) is 2. The average Bonchev–Trinajstić information content (AvgIpc) is 2.67. The molecular formula is C14H14ClN5. The van der Waals surface area contributed by atoms with Crippen LogP contribution in [0.15, 0.2) is 47.6 Å². The summed E-state index contributed by atoms with van der Waals surface area (Å²) in [5, 5.41) is 3.96. The van der Waals surface area contributed by atoms with Gasteiger partial charge in [-0.2, -0.15) is 0 Å². The summed E-state index contributed by atoms with van der Waals surface area (Å²) in [6, 6.07) is 11.4. The molecule has 0 radical (unpaired) electrons. The number of benzene rings is 1. The largest absolute Gasteiger partial charge is 0.367 e. The van der Waals surface area contributed by atoms with Crippen LogP contribution in [0.3, 0.4) is 0 Å². The van der Waals surface area contributed by atoms with E-state index in [1.165, 1.54) is 0 Å². The lowest BCUT2D eigenvalue weighted by Crippen LogP contribution is -2.42. The summed E-state index contributed by atoms with van der Waals surface area (Å²) in [5.74, 6) is 5.52. The second kappa shape index (κ2) is 5.58. The van der Waals surface area contributed by atoms with Crippen LogP contribution >= 0.6 is 11.6 Å². The lowest BCUT2D eigenvalue weighted by atomic mass is 10.0. The number of aromatic nitrogens is 1. The van der Waals surface area contributed by atoms with Crippen LogP contribution < -0.4 is 16.6 Å². The van der Waals surface area contributed by atoms with Crippen LogP contribution in [-0.4, -0.2) is 23.4 Å². The highest BCUT2D eigenvalue weighted by Gasteiger charge is 2.19. The van der Waals surface area contributed by atoms with Crippen LogP contribution in [0.2, 0.25) is 5.02 Å². The Morgan fingerprint density at radius 2 is 2.20 bits per heavy atom. The second-order valence-corrected chi connectivity index (χ2v) is 4.89. The summed E-state index contributed by atoms with van der Waals surface area (Å²) in [6.07, 6.45) is 1.62. The number of benzodiazepines with no additional fused rings is 1. The lowest BCUT2D eigenvalue weighted by Gasteiger charge is -2.16. The van der Waals surface area contributed by atoms with Crippen molar-refractivity contribution < 1.29 is 0 Å². The number of anilines is 1. The Morgan fingerprint density at radius 3 is 2.95 bits per heavy atom.